The zero-order chi connectivity index (χ0) is 17.1. The van der Waals surface area contributed by atoms with E-state index in [0.29, 0.717) is 12.8 Å². The Hall–Kier alpha value is -1.96. The fourth-order valence-corrected chi connectivity index (χ4v) is 3.69. The highest BCUT2D eigenvalue weighted by atomic mass is 19.4. The molecule has 2 aliphatic rings. The summed E-state index contributed by atoms with van der Waals surface area (Å²) in [7, 11) is 0. The second kappa shape index (κ2) is 5.27. The van der Waals surface area contributed by atoms with Crippen LogP contribution in [0.5, 0.6) is 0 Å². The van der Waals surface area contributed by atoms with Gasteiger partial charge in [0.2, 0.25) is 11.7 Å². The van der Waals surface area contributed by atoms with E-state index in [2.05, 4.69) is 10.1 Å². The molecule has 24 heavy (non-hydrogen) atoms. The van der Waals surface area contributed by atoms with E-state index in [-0.39, 0.29) is 17.3 Å². The zero-order valence-corrected chi connectivity index (χ0v) is 12.7. The zero-order valence-electron chi connectivity index (χ0n) is 12.7. The number of fused-ring (bicyclic) bond motifs is 2. The maximum atomic E-state index is 14.0. The molecule has 2 saturated heterocycles. The van der Waals surface area contributed by atoms with Crippen molar-refractivity contribution in [2.24, 2.45) is 5.92 Å². The van der Waals surface area contributed by atoms with Crippen LogP contribution >= 0.6 is 0 Å². The summed E-state index contributed by atoms with van der Waals surface area (Å²) in [4.78, 5) is 4.04. The summed E-state index contributed by atoms with van der Waals surface area (Å²) in [6.45, 7) is 1.73. The van der Waals surface area contributed by atoms with Gasteiger partial charge in [0.1, 0.15) is 5.82 Å². The van der Waals surface area contributed by atoms with Gasteiger partial charge >= 0.3 is 6.18 Å². The van der Waals surface area contributed by atoms with E-state index in [4.69, 9.17) is 9.26 Å². The molecule has 0 radical (unpaired) electrons. The molecule has 0 amide bonds. The summed E-state index contributed by atoms with van der Waals surface area (Å²) in [5.74, 6) is -3.42. The summed E-state index contributed by atoms with van der Waals surface area (Å²) in [5.41, 5.74) is 0.821. The third-order valence-corrected chi connectivity index (χ3v) is 4.74. The largest absolute Gasteiger partial charge is 0.395 e. The van der Waals surface area contributed by atoms with E-state index in [1.165, 1.54) is 12.1 Å². The molecule has 1 aromatic carbocycles. The Kier molecular flexibility index (Phi) is 3.42. The van der Waals surface area contributed by atoms with Gasteiger partial charge in [-0.1, -0.05) is 11.2 Å². The number of aromatic nitrogens is 2. The summed E-state index contributed by atoms with van der Waals surface area (Å²) in [6.07, 6.45) is -4.96. The van der Waals surface area contributed by atoms with Crippen LogP contribution < -0.4 is 0 Å². The summed E-state index contributed by atoms with van der Waals surface area (Å²) < 4.78 is 64.6. The Labute approximate surface area is 134 Å². The lowest BCUT2D eigenvalue weighted by molar-refractivity contribution is -0.190. The van der Waals surface area contributed by atoms with Crippen LogP contribution in [0.2, 0.25) is 0 Å². The standard InChI is InChI=1S/C16H14F4N2O2/c1-7-2-3-8(9(17)6-7)14-21-15(24-22-14)12-10-4-5-11(23-10)13(12)16(18,19)20/h2-3,6,10-13H,4-5H2,1H3. The second-order valence-corrected chi connectivity index (χ2v) is 6.32. The molecule has 2 bridgehead atoms. The molecular formula is C16H14F4N2O2. The number of rotatable bonds is 2. The average molecular weight is 342 g/mol. The van der Waals surface area contributed by atoms with E-state index in [1.54, 1.807) is 13.0 Å². The lowest BCUT2D eigenvalue weighted by atomic mass is 9.78. The minimum absolute atomic E-state index is 0.0498. The van der Waals surface area contributed by atoms with Crippen LogP contribution in [0.3, 0.4) is 0 Å². The summed E-state index contributed by atoms with van der Waals surface area (Å²) >= 11 is 0. The second-order valence-electron chi connectivity index (χ2n) is 6.32. The highest BCUT2D eigenvalue weighted by molar-refractivity contribution is 5.55. The topological polar surface area (TPSA) is 48.2 Å². The molecule has 0 spiro atoms. The molecule has 0 N–H and O–H groups in total. The van der Waals surface area contributed by atoms with Gasteiger partial charge in [-0.2, -0.15) is 18.2 Å². The van der Waals surface area contributed by atoms with Crippen molar-refractivity contribution >= 4 is 0 Å². The summed E-state index contributed by atoms with van der Waals surface area (Å²) in [5, 5.41) is 3.67. The first-order chi connectivity index (χ1) is 11.3. The Morgan fingerprint density at radius 1 is 1.17 bits per heavy atom. The molecule has 4 unspecified atom stereocenters. The summed E-state index contributed by atoms with van der Waals surface area (Å²) in [6, 6.07) is 4.47. The molecule has 2 aromatic rings. The van der Waals surface area contributed by atoms with Gasteiger partial charge in [-0.05, 0) is 37.5 Å². The van der Waals surface area contributed by atoms with Gasteiger partial charge in [0.05, 0.1) is 29.6 Å². The number of halogens is 4. The van der Waals surface area contributed by atoms with E-state index in [1.807, 2.05) is 0 Å². The molecule has 2 aliphatic heterocycles. The van der Waals surface area contributed by atoms with Crippen LogP contribution in [0.25, 0.3) is 11.4 Å². The average Bonchev–Trinajstić information content (AvgIpc) is 3.21. The van der Waals surface area contributed by atoms with Crippen molar-refractivity contribution in [3.63, 3.8) is 0 Å². The fourth-order valence-electron chi connectivity index (χ4n) is 3.69. The maximum Gasteiger partial charge on any atom is 0.395 e. The monoisotopic (exact) mass is 342 g/mol. The Morgan fingerprint density at radius 2 is 1.92 bits per heavy atom. The van der Waals surface area contributed by atoms with Gasteiger partial charge < -0.3 is 9.26 Å². The minimum atomic E-state index is -4.41. The number of nitrogens with zero attached hydrogens (tertiary/aromatic N) is 2. The number of alkyl halides is 3. The molecular weight excluding hydrogens is 328 g/mol. The SMILES string of the molecule is Cc1ccc(-c2noc(C3C4CCC(O4)C3C(F)(F)F)n2)c(F)c1. The number of hydrogen-bond donors (Lipinski definition) is 0. The molecule has 4 rings (SSSR count). The molecule has 1 aromatic heterocycles. The highest BCUT2D eigenvalue weighted by Gasteiger charge is 2.62. The van der Waals surface area contributed by atoms with Crippen LogP contribution in [0.4, 0.5) is 17.6 Å². The van der Waals surface area contributed by atoms with Crippen molar-refractivity contribution in [2.45, 2.75) is 44.1 Å². The molecule has 0 saturated carbocycles. The lowest BCUT2D eigenvalue weighted by Gasteiger charge is -2.27. The van der Waals surface area contributed by atoms with Gasteiger partial charge in [0, 0.05) is 0 Å². The third-order valence-electron chi connectivity index (χ3n) is 4.74. The smallest absolute Gasteiger partial charge is 0.373 e. The van der Waals surface area contributed by atoms with Crippen molar-refractivity contribution in [3.05, 3.63) is 35.5 Å². The van der Waals surface area contributed by atoms with Crippen molar-refractivity contribution in [1.82, 2.24) is 10.1 Å². The van der Waals surface area contributed by atoms with Crippen molar-refractivity contribution in [2.75, 3.05) is 0 Å². The number of benzene rings is 1. The van der Waals surface area contributed by atoms with Gasteiger partial charge in [0.15, 0.2) is 0 Å². The van der Waals surface area contributed by atoms with Crippen molar-refractivity contribution in [1.29, 1.82) is 0 Å². The van der Waals surface area contributed by atoms with E-state index in [9.17, 15) is 17.6 Å². The number of ether oxygens (including phenoxy) is 1. The molecule has 4 nitrogen and oxygen atoms in total. The molecule has 4 atom stereocenters. The predicted molar refractivity (Wildman–Crippen MR) is 74.6 cm³/mol. The Morgan fingerprint density at radius 3 is 2.62 bits per heavy atom. The van der Waals surface area contributed by atoms with Gasteiger partial charge in [-0.15, -0.1) is 0 Å². The fraction of sp³-hybridized carbons (Fsp3) is 0.500. The van der Waals surface area contributed by atoms with E-state index < -0.39 is 36.0 Å². The normalized spacial score (nSPS) is 29.4. The Bertz CT molecular complexity index is 774. The van der Waals surface area contributed by atoms with Crippen molar-refractivity contribution < 1.29 is 26.8 Å². The van der Waals surface area contributed by atoms with Crippen LogP contribution in [0.15, 0.2) is 22.7 Å². The maximum absolute atomic E-state index is 14.0. The van der Waals surface area contributed by atoms with Gasteiger partial charge in [0.25, 0.3) is 0 Å². The Balaban J connectivity index is 1.69. The highest BCUT2D eigenvalue weighted by Crippen LogP contribution is 2.54. The van der Waals surface area contributed by atoms with E-state index in [0.717, 1.165) is 5.56 Å². The van der Waals surface area contributed by atoms with Gasteiger partial charge in [-0.25, -0.2) is 4.39 Å². The van der Waals surface area contributed by atoms with E-state index >= 15 is 0 Å². The van der Waals surface area contributed by atoms with Crippen LogP contribution in [-0.4, -0.2) is 28.5 Å². The minimum Gasteiger partial charge on any atom is -0.373 e. The number of aryl methyl sites for hydroxylation is 1. The van der Waals surface area contributed by atoms with Crippen LogP contribution in [-0.2, 0) is 4.74 Å². The molecule has 3 heterocycles. The first kappa shape index (κ1) is 15.6. The van der Waals surface area contributed by atoms with Crippen LogP contribution in [0, 0.1) is 18.7 Å². The molecule has 8 heteroatoms. The van der Waals surface area contributed by atoms with Crippen molar-refractivity contribution in [3.8, 4) is 11.4 Å². The van der Waals surface area contributed by atoms with Crippen LogP contribution in [0.1, 0.15) is 30.2 Å². The van der Waals surface area contributed by atoms with Gasteiger partial charge in [-0.3, -0.25) is 0 Å². The molecule has 2 fully saturated rings. The lowest BCUT2D eigenvalue weighted by Crippen LogP contribution is -2.37. The molecule has 0 aliphatic carbocycles. The third kappa shape index (κ3) is 2.40. The quantitative estimate of drug-likeness (QED) is 0.774. The first-order valence-corrected chi connectivity index (χ1v) is 7.67. The number of hydrogen-bond acceptors (Lipinski definition) is 4. The first-order valence-electron chi connectivity index (χ1n) is 7.67. The predicted octanol–water partition coefficient (Wildman–Crippen LogP) is 4.01. The molecule has 128 valence electrons.